The zero-order valence-electron chi connectivity index (χ0n) is 11.6. The number of nitrogens with zero attached hydrogens (tertiary/aromatic N) is 3. The van der Waals surface area contributed by atoms with Gasteiger partial charge in [0.15, 0.2) is 0 Å². The van der Waals surface area contributed by atoms with Gasteiger partial charge < -0.3 is 9.80 Å². The van der Waals surface area contributed by atoms with E-state index in [0.29, 0.717) is 0 Å². The number of piperidine rings is 1. The molecule has 1 fully saturated rings. The maximum atomic E-state index is 9.20. The van der Waals surface area contributed by atoms with Crippen LogP contribution in [-0.2, 0) is 0 Å². The highest BCUT2D eigenvalue weighted by Crippen LogP contribution is 2.26. The SMILES string of the molecule is CN1CCC(CN(C)c2cc(Br)ccc2C#N)CC1. The van der Waals surface area contributed by atoms with E-state index in [1.54, 1.807) is 0 Å². The molecule has 1 aliphatic heterocycles. The van der Waals surface area contributed by atoms with Gasteiger partial charge >= 0.3 is 0 Å². The van der Waals surface area contributed by atoms with Crippen LogP contribution >= 0.6 is 15.9 Å². The van der Waals surface area contributed by atoms with Gasteiger partial charge in [0, 0.05) is 18.1 Å². The van der Waals surface area contributed by atoms with Gasteiger partial charge in [-0.2, -0.15) is 5.26 Å². The Hall–Kier alpha value is -1.05. The van der Waals surface area contributed by atoms with Crippen LogP contribution in [0.2, 0.25) is 0 Å². The summed E-state index contributed by atoms with van der Waals surface area (Å²) in [6.07, 6.45) is 2.49. The van der Waals surface area contributed by atoms with Crippen LogP contribution in [0.1, 0.15) is 18.4 Å². The molecule has 0 radical (unpaired) electrons. The van der Waals surface area contributed by atoms with E-state index in [0.717, 1.165) is 28.2 Å². The van der Waals surface area contributed by atoms with Gasteiger partial charge in [0.2, 0.25) is 0 Å². The molecule has 4 heteroatoms. The van der Waals surface area contributed by atoms with Crippen molar-refractivity contribution in [2.24, 2.45) is 5.92 Å². The maximum absolute atomic E-state index is 9.20. The number of halogens is 1. The summed E-state index contributed by atoms with van der Waals surface area (Å²) in [6.45, 7) is 3.39. The summed E-state index contributed by atoms with van der Waals surface area (Å²) in [5.41, 5.74) is 1.77. The first-order valence-electron chi connectivity index (χ1n) is 6.69. The molecule has 0 spiro atoms. The Bertz CT molecular complexity index is 473. The highest BCUT2D eigenvalue weighted by Gasteiger charge is 2.19. The number of anilines is 1. The van der Waals surface area contributed by atoms with Gasteiger partial charge in [0.25, 0.3) is 0 Å². The molecular formula is C15H20BrN3. The summed E-state index contributed by atoms with van der Waals surface area (Å²) in [7, 11) is 4.27. The Morgan fingerprint density at radius 2 is 2.11 bits per heavy atom. The molecule has 2 rings (SSSR count). The zero-order chi connectivity index (χ0) is 13.8. The minimum atomic E-state index is 0.728. The molecule has 0 bridgehead atoms. The lowest BCUT2D eigenvalue weighted by atomic mass is 9.96. The van der Waals surface area contributed by atoms with Crippen molar-refractivity contribution < 1.29 is 0 Å². The average Bonchev–Trinajstić information content (AvgIpc) is 2.41. The second-order valence-corrected chi connectivity index (χ2v) is 6.32. The Morgan fingerprint density at radius 1 is 1.42 bits per heavy atom. The summed E-state index contributed by atoms with van der Waals surface area (Å²) in [6, 6.07) is 8.11. The average molecular weight is 322 g/mol. The molecule has 3 nitrogen and oxygen atoms in total. The molecule has 0 saturated carbocycles. The van der Waals surface area contributed by atoms with Crippen LogP contribution in [0.15, 0.2) is 22.7 Å². The van der Waals surface area contributed by atoms with Gasteiger partial charge in [0.1, 0.15) is 6.07 Å². The van der Waals surface area contributed by atoms with Crippen LogP contribution in [0.4, 0.5) is 5.69 Å². The van der Waals surface area contributed by atoms with Crippen LogP contribution in [-0.4, -0.2) is 38.6 Å². The minimum Gasteiger partial charge on any atom is -0.373 e. The third-order valence-electron chi connectivity index (χ3n) is 3.86. The van der Waals surface area contributed by atoms with E-state index in [1.807, 2.05) is 18.2 Å². The van der Waals surface area contributed by atoms with E-state index in [4.69, 9.17) is 0 Å². The second kappa shape index (κ2) is 6.40. The topological polar surface area (TPSA) is 30.3 Å². The van der Waals surface area contributed by atoms with Crippen molar-refractivity contribution in [1.82, 2.24) is 4.90 Å². The van der Waals surface area contributed by atoms with Crippen molar-refractivity contribution >= 4 is 21.6 Å². The molecule has 0 unspecified atom stereocenters. The molecule has 19 heavy (non-hydrogen) atoms. The quantitative estimate of drug-likeness (QED) is 0.857. The number of likely N-dealkylation sites (tertiary alicyclic amines) is 1. The van der Waals surface area contributed by atoms with Crippen LogP contribution in [0, 0.1) is 17.2 Å². The fourth-order valence-corrected chi connectivity index (χ4v) is 2.99. The largest absolute Gasteiger partial charge is 0.373 e. The summed E-state index contributed by atoms with van der Waals surface area (Å²) in [5.74, 6) is 0.728. The summed E-state index contributed by atoms with van der Waals surface area (Å²) in [5, 5.41) is 9.20. The highest BCUT2D eigenvalue weighted by molar-refractivity contribution is 9.10. The lowest BCUT2D eigenvalue weighted by Gasteiger charge is -2.32. The third kappa shape index (κ3) is 3.71. The number of benzene rings is 1. The van der Waals surface area contributed by atoms with E-state index in [-0.39, 0.29) is 0 Å². The molecule has 1 aromatic rings. The van der Waals surface area contributed by atoms with Crippen LogP contribution in [0.25, 0.3) is 0 Å². The minimum absolute atomic E-state index is 0.728. The van der Waals surface area contributed by atoms with Crippen molar-refractivity contribution in [3.8, 4) is 6.07 Å². The predicted octanol–water partition coefficient (Wildman–Crippen LogP) is 3.10. The van der Waals surface area contributed by atoms with E-state index >= 15 is 0 Å². The van der Waals surface area contributed by atoms with E-state index in [1.165, 1.54) is 25.9 Å². The first-order chi connectivity index (χ1) is 9.10. The predicted molar refractivity (Wildman–Crippen MR) is 82.3 cm³/mol. The molecule has 0 amide bonds. The van der Waals surface area contributed by atoms with Crippen molar-refractivity contribution in [2.75, 3.05) is 38.6 Å². The lowest BCUT2D eigenvalue weighted by Crippen LogP contribution is -2.35. The molecule has 0 aromatic heterocycles. The van der Waals surface area contributed by atoms with E-state index in [2.05, 4.69) is 45.9 Å². The van der Waals surface area contributed by atoms with E-state index in [9.17, 15) is 5.26 Å². The molecular weight excluding hydrogens is 302 g/mol. The van der Waals surface area contributed by atoms with Crippen LogP contribution in [0.3, 0.4) is 0 Å². The van der Waals surface area contributed by atoms with Crippen molar-refractivity contribution in [1.29, 1.82) is 5.26 Å². The van der Waals surface area contributed by atoms with Gasteiger partial charge in [-0.1, -0.05) is 15.9 Å². The Morgan fingerprint density at radius 3 is 2.74 bits per heavy atom. The smallest absolute Gasteiger partial charge is 0.101 e. The van der Waals surface area contributed by atoms with Crippen molar-refractivity contribution in [2.45, 2.75) is 12.8 Å². The summed E-state index contributed by atoms with van der Waals surface area (Å²) in [4.78, 5) is 4.61. The molecule has 1 heterocycles. The molecule has 1 aromatic carbocycles. The van der Waals surface area contributed by atoms with Gasteiger partial charge in [-0.15, -0.1) is 0 Å². The third-order valence-corrected chi connectivity index (χ3v) is 4.35. The number of hydrogen-bond donors (Lipinski definition) is 0. The fraction of sp³-hybridized carbons (Fsp3) is 0.533. The van der Waals surface area contributed by atoms with Gasteiger partial charge in [-0.25, -0.2) is 0 Å². The Balaban J connectivity index is 2.05. The highest BCUT2D eigenvalue weighted by atomic mass is 79.9. The van der Waals surface area contributed by atoms with E-state index < -0.39 is 0 Å². The number of rotatable bonds is 3. The Labute approximate surface area is 123 Å². The standard InChI is InChI=1S/C15H20BrN3/c1-18-7-5-12(6-8-18)11-19(2)15-9-14(16)4-3-13(15)10-17/h3-4,9,12H,5-8,11H2,1-2H3. The van der Waals surface area contributed by atoms with Crippen LogP contribution in [0.5, 0.6) is 0 Å². The first kappa shape index (κ1) is 14.4. The fourth-order valence-electron chi connectivity index (χ4n) is 2.65. The Kier molecular flexibility index (Phi) is 4.84. The van der Waals surface area contributed by atoms with Gasteiger partial charge in [-0.05, 0) is 57.1 Å². The number of hydrogen-bond acceptors (Lipinski definition) is 3. The van der Waals surface area contributed by atoms with Crippen molar-refractivity contribution in [3.63, 3.8) is 0 Å². The molecule has 1 saturated heterocycles. The van der Waals surface area contributed by atoms with Gasteiger partial charge in [-0.3, -0.25) is 0 Å². The molecule has 1 aliphatic rings. The van der Waals surface area contributed by atoms with Gasteiger partial charge in [0.05, 0.1) is 11.3 Å². The number of nitriles is 1. The zero-order valence-corrected chi connectivity index (χ0v) is 13.2. The molecule has 102 valence electrons. The monoisotopic (exact) mass is 321 g/mol. The van der Waals surface area contributed by atoms with Crippen LogP contribution < -0.4 is 4.90 Å². The summed E-state index contributed by atoms with van der Waals surface area (Å²) < 4.78 is 1.02. The molecule has 0 atom stereocenters. The lowest BCUT2D eigenvalue weighted by molar-refractivity contribution is 0.222. The maximum Gasteiger partial charge on any atom is 0.101 e. The van der Waals surface area contributed by atoms with Crippen molar-refractivity contribution in [3.05, 3.63) is 28.2 Å². The summed E-state index contributed by atoms with van der Waals surface area (Å²) >= 11 is 3.48. The molecule has 0 aliphatic carbocycles. The first-order valence-corrected chi connectivity index (χ1v) is 7.49. The molecule has 0 N–H and O–H groups in total. The normalized spacial score (nSPS) is 17.2. The second-order valence-electron chi connectivity index (χ2n) is 5.40.